The minimum absolute atomic E-state index is 0.0478. The number of hydrogen-bond donors (Lipinski definition) is 1. The quantitative estimate of drug-likeness (QED) is 0.336. The fourth-order valence-electron chi connectivity index (χ4n) is 2.08. The van der Waals surface area contributed by atoms with Crippen LogP contribution < -0.4 is 5.32 Å². The highest BCUT2D eigenvalue weighted by Crippen LogP contribution is 2.25. The number of carbonyl (C=O) groups is 3. The van der Waals surface area contributed by atoms with Gasteiger partial charge in [0.1, 0.15) is 4.88 Å². The van der Waals surface area contributed by atoms with Crippen LogP contribution in [0.2, 0.25) is 0 Å². The van der Waals surface area contributed by atoms with Crippen LogP contribution in [0.3, 0.4) is 0 Å². The summed E-state index contributed by atoms with van der Waals surface area (Å²) in [5, 5.41) is 13.3. The molecule has 0 aliphatic rings. The predicted molar refractivity (Wildman–Crippen MR) is 105 cm³/mol. The van der Waals surface area contributed by atoms with Crippen molar-refractivity contribution in [2.45, 2.75) is 33.8 Å². The first-order chi connectivity index (χ1) is 13.0. The molecule has 9 heteroatoms. The lowest BCUT2D eigenvalue weighted by molar-refractivity contribution is -0.380. The van der Waals surface area contributed by atoms with E-state index in [4.69, 9.17) is 4.74 Å². The van der Waals surface area contributed by atoms with Gasteiger partial charge in [-0.15, -0.1) is 0 Å². The van der Waals surface area contributed by atoms with Crippen molar-refractivity contribution >= 4 is 39.7 Å². The maximum absolute atomic E-state index is 12.4. The van der Waals surface area contributed by atoms with Gasteiger partial charge in [-0.2, -0.15) is 0 Å². The van der Waals surface area contributed by atoms with Crippen LogP contribution in [-0.4, -0.2) is 28.7 Å². The summed E-state index contributed by atoms with van der Waals surface area (Å²) >= 11 is 0.683. The molecule has 1 N–H and O–H groups in total. The number of anilines is 1. The highest BCUT2D eigenvalue weighted by molar-refractivity contribution is 7.17. The van der Waals surface area contributed by atoms with Crippen molar-refractivity contribution in [3.8, 4) is 0 Å². The fraction of sp³-hybridized carbons (Fsp3) is 0.316. The number of benzene rings is 1. The Morgan fingerprint density at radius 1 is 1.11 bits per heavy atom. The van der Waals surface area contributed by atoms with Gasteiger partial charge in [-0.3, -0.25) is 19.7 Å². The van der Waals surface area contributed by atoms with Crippen molar-refractivity contribution in [1.82, 2.24) is 0 Å². The first kappa shape index (κ1) is 21.2. The van der Waals surface area contributed by atoms with Gasteiger partial charge in [0.2, 0.25) is 11.7 Å². The van der Waals surface area contributed by atoms with Gasteiger partial charge >= 0.3 is 11.0 Å². The molecule has 1 heterocycles. The molecule has 1 aromatic heterocycles. The SMILES string of the molecule is CC(OC(=O)c1ccc([N+](=O)[O-])s1)C(=O)c1ccc(NC(=O)C(C)(C)C)cc1. The number of ketones is 1. The van der Waals surface area contributed by atoms with Crippen LogP contribution in [0.25, 0.3) is 0 Å². The average Bonchev–Trinajstić information content (AvgIpc) is 3.11. The summed E-state index contributed by atoms with van der Waals surface area (Å²) in [5.41, 5.74) is 0.312. The third-order valence-electron chi connectivity index (χ3n) is 3.73. The number of nitro groups is 1. The van der Waals surface area contributed by atoms with Crippen LogP contribution in [0.15, 0.2) is 36.4 Å². The zero-order valence-corrected chi connectivity index (χ0v) is 16.7. The number of rotatable bonds is 6. The van der Waals surface area contributed by atoms with Crippen molar-refractivity contribution in [3.05, 3.63) is 57.0 Å². The predicted octanol–water partition coefficient (Wildman–Crippen LogP) is 4.07. The molecule has 1 amide bonds. The Hall–Kier alpha value is -3.07. The van der Waals surface area contributed by atoms with E-state index in [2.05, 4.69) is 5.32 Å². The van der Waals surface area contributed by atoms with Gasteiger partial charge in [-0.05, 0) is 37.3 Å². The van der Waals surface area contributed by atoms with E-state index in [1.54, 1.807) is 32.9 Å². The maximum atomic E-state index is 12.4. The Morgan fingerprint density at radius 3 is 2.21 bits per heavy atom. The van der Waals surface area contributed by atoms with Crippen molar-refractivity contribution in [2.24, 2.45) is 5.41 Å². The number of nitrogens with zero attached hydrogens (tertiary/aromatic N) is 1. The Labute approximate surface area is 165 Å². The molecule has 148 valence electrons. The second-order valence-corrected chi connectivity index (χ2v) is 8.15. The van der Waals surface area contributed by atoms with Crippen molar-refractivity contribution in [3.63, 3.8) is 0 Å². The van der Waals surface area contributed by atoms with E-state index >= 15 is 0 Å². The van der Waals surface area contributed by atoms with Crippen LogP contribution in [0, 0.1) is 15.5 Å². The molecule has 1 atom stereocenters. The van der Waals surface area contributed by atoms with Gasteiger partial charge < -0.3 is 10.1 Å². The Kier molecular flexibility index (Phi) is 6.30. The zero-order valence-electron chi connectivity index (χ0n) is 15.8. The Balaban J connectivity index is 2.01. The average molecular weight is 404 g/mol. The van der Waals surface area contributed by atoms with E-state index in [-0.39, 0.29) is 15.8 Å². The first-order valence-corrected chi connectivity index (χ1v) is 9.21. The third kappa shape index (κ3) is 5.23. The van der Waals surface area contributed by atoms with Crippen LogP contribution >= 0.6 is 11.3 Å². The molecule has 0 saturated carbocycles. The van der Waals surface area contributed by atoms with Crippen LogP contribution in [0.5, 0.6) is 0 Å². The smallest absolute Gasteiger partial charge is 0.349 e. The number of carbonyl (C=O) groups excluding carboxylic acids is 3. The molecule has 1 aromatic carbocycles. The highest BCUT2D eigenvalue weighted by atomic mass is 32.1. The van der Waals surface area contributed by atoms with E-state index in [1.807, 2.05) is 0 Å². The molecule has 0 bridgehead atoms. The number of hydrogen-bond acceptors (Lipinski definition) is 7. The maximum Gasteiger partial charge on any atom is 0.349 e. The fourth-order valence-corrected chi connectivity index (χ4v) is 2.78. The molecular weight excluding hydrogens is 384 g/mol. The summed E-state index contributed by atoms with van der Waals surface area (Å²) in [6.07, 6.45) is -1.07. The molecule has 0 spiro atoms. The van der Waals surface area contributed by atoms with Crippen LogP contribution in [0.4, 0.5) is 10.7 Å². The molecule has 0 radical (unpaired) electrons. The van der Waals surface area contributed by atoms with E-state index in [1.165, 1.54) is 31.2 Å². The number of thiophene rings is 1. The molecule has 28 heavy (non-hydrogen) atoms. The van der Waals surface area contributed by atoms with Crippen LogP contribution in [0.1, 0.15) is 47.7 Å². The zero-order chi connectivity index (χ0) is 21.1. The minimum atomic E-state index is -1.07. The third-order valence-corrected chi connectivity index (χ3v) is 4.75. The number of esters is 1. The Morgan fingerprint density at radius 2 is 1.71 bits per heavy atom. The molecule has 1 unspecified atom stereocenters. The number of nitrogens with one attached hydrogen (secondary N) is 1. The standard InChI is InChI=1S/C19H20N2O6S/c1-11(27-17(23)14-9-10-15(28-14)21(25)26)16(22)12-5-7-13(8-6-12)20-18(24)19(2,3)4/h5-11H,1-4H3,(H,20,24). The summed E-state index contributed by atoms with van der Waals surface area (Å²) in [5.74, 6) is -1.37. The normalized spacial score (nSPS) is 12.1. The monoisotopic (exact) mass is 404 g/mol. The van der Waals surface area contributed by atoms with Crippen molar-refractivity contribution in [1.29, 1.82) is 0 Å². The summed E-state index contributed by atoms with van der Waals surface area (Å²) in [6.45, 7) is 6.80. The summed E-state index contributed by atoms with van der Waals surface area (Å²) in [6, 6.07) is 8.73. The lowest BCUT2D eigenvalue weighted by Crippen LogP contribution is -2.27. The van der Waals surface area contributed by atoms with E-state index in [0.717, 1.165) is 0 Å². The summed E-state index contributed by atoms with van der Waals surface area (Å²) in [7, 11) is 0. The van der Waals surface area contributed by atoms with Gasteiger partial charge in [0.25, 0.3) is 0 Å². The molecule has 0 aliphatic carbocycles. The first-order valence-electron chi connectivity index (χ1n) is 8.40. The molecule has 0 aliphatic heterocycles. The van der Waals surface area contributed by atoms with Gasteiger partial charge in [0, 0.05) is 22.7 Å². The molecule has 2 rings (SSSR count). The van der Waals surface area contributed by atoms with Gasteiger partial charge in [0.05, 0.1) is 4.92 Å². The van der Waals surface area contributed by atoms with E-state index < -0.39 is 28.2 Å². The highest BCUT2D eigenvalue weighted by Gasteiger charge is 2.24. The number of ether oxygens (including phenoxy) is 1. The topological polar surface area (TPSA) is 116 Å². The molecule has 8 nitrogen and oxygen atoms in total. The molecule has 2 aromatic rings. The second-order valence-electron chi connectivity index (χ2n) is 7.09. The van der Waals surface area contributed by atoms with Gasteiger partial charge in [-0.25, -0.2) is 4.79 Å². The van der Waals surface area contributed by atoms with Gasteiger partial charge in [-0.1, -0.05) is 32.1 Å². The molecule has 0 fully saturated rings. The summed E-state index contributed by atoms with van der Waals surface area (Å²) in [4.78, 5) is 46.6. The van der Waals surface area contributed by atoms with Gasteiger partial charge in [0.15, 0.2) is 6.10 Å². The second kappa shape index (κ2) is 8.30. The molecule has 0 saturated heterocycles. The summed E-state index contributed by atoms with van der Waals surface area (Å²) < 4.78 is 5.11. The minimum Gasteiger partial charge on any atom is -0.450 e. The van der Waals surface area contributed by atoms with Crippen LogP contribution in [-0.2, 0) is 9.53 Å². The van der Waals surface area contributed by atoms with Crippen molar-refractivity contribution < 1.29 is 24.0 Å². The largest absolute Gasteiger partial charge is 0.450 e. The lowest BCUT2D eigenvalue weighted by Gasteiger charge is -2.18. The van der Waals surface area contributed by atoms with E-state index in [9.17, 15) is 24.5 Å². The lowest BCUT2D eigenvalue weighted by atomic mass is 9.95. The van der Waals surface area contributed by atoms with Crippen molar-refractivity contribution in [2.75, 3.05) is 5.32 Å². The number of Topliss-reactive ketones (excluding diaryl/α,β-unsaturated/α-hetero) is 1. The molecular formula is C19H20N2O6S. The number of amides is 1. The Bertz CT molecular complexity index is 911. The van der Waals surface area contributed by atoms with E-state index in [0.29, 0.717) is 22.6 Å².